The summed E-state index contributed by atoms with van der Waals surface area (Å²) in [6.45, 7) is 0.741. The Kier molecular flexibility index (Phi) is 7.96. The molecule has 160 valence electrons. The molecule has 4 rings (SSSR count). The number of benzene rings is 3. The molecule has 0 saturated carbocycles. The third-order valence-electron chi connectivity index (χ3n) is 5.24. The number of aromatic nitrogens is 2. The van der Waals surface area contributed by atoms with Gasteiger partial charge in [-0.3, -0.25) is 0 Å². The lowest BCUT2D eigenvalue weighted by atomic mass is 9.96. The minimum Gasteiger partial charge on any atom is -0.327 e. The van der Waals surface area contributed by atoms with Gasteiger partial charge in [-0.05, 0) is 65.4 Å². The first-order chi connectivity index (χ1) is 15.2. The molecule has 0 aliphatic carbocycles. The largest absolute Gasteiger partial charge is 0.327 e. The Morgan fingerprint density at radius 1 is 0.938 bits per heavy atom. The van der Waals surface area contributed by atoms with Crippen LogP contribution in [0.25, 0.3) is 11.6 Å². The van der Waals surface area contributed by atoms with E-state index in [-0.39, 0.29) is 18.2 Å². The molecule has 0 saturated heterocycles. The predicted molar refractivity (Wildman–Crippen MR) is 129 cm³/mol. The predicted octanol–water partition coefficient (Wildman–Crippen LogP) is 6.54. The van der Waals surface area contributed by atoms with Gasteiger partial charge in [0.05, 0.1) is 29.9 Å². The normalized spacial score (nSPS) is 10.9. The summed E-state index contributed by atoms with van der Waals surface area (Å²) in [7, 11) is 0. The highest BCUT2D eigenvalue weighted by atomic mass is 35.5. The van der Waals surface area contributed by atoms with Crippen LogP contribution in [-0.4, -0.2) is 9.55 Å². The maximum Gasteiger partial charge on any atom is 0.123 e. The zero-order valence-corrected chi connectivity index (χ0v) is 18.3. The van der Waals surface area contributed by atoms with Gasteiger partial charge in [0.15, 0.2) is 0 Å². The number of allylic oxidation sites excluding steroid dienone is 1. The Bertz CT molecular complexity index is 1200. The van der Waals surface area contributed by atoms with Gasteiger partial charge in [-0.2, -0.15) is 5.26 Å². The SMILES string of the molecule is Cl.N#Cc1ccc(/C(=C/c2cncn2Cc2ccccc2)CCc2ccc(F)cc2)cc1. The molecule has 0 aliphatic rings. The fourth-order valence-corrected chi connectivity index (χ4v) is 3.53. The van der Waals surface area contributed by atoms with E-state index in [1.165, 1.54) is 17.7 Å². The van der Waals surface area contributed by atoms with E-state index in [2.05, 4.69) is 33.8 Å². The van der Waals surface area contributed by atoms with Gasteiger partial charge in [0.1, 0.15) is 5.82 Å². The van der Waals surface area contributed by atoms with Crippen LogP contribution in [0.2, 0.25) is 0 Å². The van der Waals surface area contributed by atoms with Crippen molar-refractivity contribution < 1.29 is 4.39 Å². The third-order valence-corrected chi connectivity index (χ3v) is 5.24. The van der Waals surface area contributed by atoms with E-state index in [1.807, 2.05) is 67.1 Å². The van der Waals surface area contributed by atoms with Gasteiger partial charge in [-0.1, -0.05) is 54.6 Å². The van der Waals surface area contributed by atoms with E-state index in [0.717, 1.165) is 41.8 Å². The molecule has 0 fully saturated rings. The summed E-state index contributed by atoms with van der Waals surface area (Å²) in [4.78, 5) is 4.35. The molecule has 3 nitrogen and oxygen atoms in total. The van der Waals surface area contributed by atoms with Crippen molar-refractivity contribution >= 4 is 24.1 Å². The average Bonchev–Trinajstić information content (AvgIpc) is 3.25. The summed E-state index contributed by atoms with van der Waals surface area (Å²) in [5.41, 5.74) is 6.15. The Hall–Kier alpha value is -3.68. The second-order valence-electron chi connectivity index (χ2n) is 7.42. The number of imidazole rings is 1. The van der Waals surface area contributed by atoms with Gasteiger partial charge in [0.2, 0.25) is 0 Å². The van der Waals surface area contributed by atoms with Crippen LogP contribution >= 0.6 is 12.4 Å². The van der Waals surface area contributed by atoms with Gasteiger partial charge < -0.3 is 4.57 Å². The molecule has 32 heavy (non-hydrogen) atoms. The van der Waals surface area contributed by atoms with Crippen LogP contribution in [0, 0.1) is 17.1 Å². The molecule has 3 aromatic carbocycles. The lowest BCUT2D eigenvalue weighted by Crippen LogP contribution is -2.00. The summed E-state index contributed by atoms with van der Waals surface area (Å²) < 4.78 is 15.4. The number of rotatable bonds is 7. The van der Waals surface area contributed by atoms with Crippen LogP contribution in [-0.2, 0) is 13.0 Å². The molecule has 0 radical (unpaired) electrons. The van der Waals surface area contributed by atoms with Crippen LogP contribution in [0.1, 0.15) is 34.4 Å². The summed E-state index contributed by atoms with van der Waals surface area (Å²) >= 11 is 0. The highest BCUT2D eigenvalue weighted by molar-refractivity contribution is 5.85. The number of nitriles is 1. The summed E-state index contributed by atoms with van der Waals surface area (Å²) in [6.07, 6.45) is 7.44. The molecule has 1 aromatic heterocycles. The van der Waals surface area contributed by atoms with Gasteiger partial charge >= 0.3 is 0 Å². The Morgan fingerprint density at radius 2 is 1.66 bits per heavy atom. The fraction of sp³-hybridized carbons (Fsp3) is 0.111. The minimum absolute atomic E-state index is 0. The average molecular weight is 444 g/mol. The highest BCUT2D eigenvalue weighted by Gasteiger charge is 2.08. The van der Waals surface area contributed by atoms with Crippen molar-refractivity contribution in [3.05, 3.63) is 125 Å². The molecule has 0 N–H and O–H groups in total. The maximum atomic E-state index is 13.2. The molecule has 0 amide bonds. The number of hydrogen-bond acceptors (Lipinski definition) is 2. The van der Waals surface area contributed by atoms with Gasteiger partial charge in [-0.25, -0.2) is 9.37 Å². The summed E-state index contributed by atoms with van der Waals surface area (Å²) in [6, 6.07) is 26.7. The Labute approximate surface area is 193 Å². The van der Waals surface area contributed by atoms with E-state index < -0.39 is 0 Å². The molecule has 0 aliphatic heterocycles. The van der Waals surface area contributed by atoms with Gasteiger partial charge in [-0.15, -0.1) is 12.4 Å². The molecular formula is C27H23ClFN3. The standard InChI is InChI=1S/C27H22FN3.ClH/c28-26-14-9-21(10-15-26)6-13-25(24-11-7-22(17-29)8-12-24)16-27-18-30-20-31(27)19-23-4-2-1-3-5-23;/h1-5,7-12,14-16,18,20H,6,13,19H2;1H/b25-16+;. The minimum atomic E-state index is -0.226. The van der Waals surface area contributed by atoms with Crippen LogP contribution in [0.4, 0.5) is 4.39 Å². The number of hydrogen-bond donors (Lipinski definition) is 0. The van der Waals surface area contributed by atoms with Crippen molar-refractivity contribution in [3.63, 3.8) is 0 Å². The first-order valence-electron chi connectivity index (χ1n) is 10.2. The van der Waals surface area contributed by atoms with Crippen molar-refractivity contribution in [1.29, 1.82) is 5.26 Å². The van der Waals surface area contributed by atoms with Crippen molar-refractivity contribution in [2.45, 2.75) is 19.4 Å². The van der Waals surface area contributed by atoms with Crippen molar-refractivity contribution in [3.8, 4) is 6.07 Å². The summed E-state index contributed by atoms with van der Waals surface area (Å²) in [5, 5.41) is 9.12. The Morgan fingerprint density at radius 3 is 2.34 bits per heavy atom. The van der Waals surface area contributed by atoms with Crippen LogP contribution in [0.15, 0.2) is 91.4 Å². The molecule has 4 aromatic rings. The molecule has 0 bridgehead atoms. The first kappa shape index (κ1) is 23.0. The highest BCUT2D eigenvalue weighted by Crippen LogP contribution is 2.25. The molecule has 1 heterocycles. The lowest BCUT2D eigenvalue weighted by Gasteiger charge is -2.11. The lowest BCUT2D eigenvalue weighted by molar-refractivity contribution is 0.627. The first-order valence-corrected chi connectivity index (χ1v) is 10.2. The number of nitrogens with zero attached hydrogens (tertiary/aromatic N) is 3. The second kappa shape index (κ2) is 11.1. The van der Waals surface area contributed by atoms with Crippen LogP contribution in [0.5, 0.6) is 0 Å². The number of halogens is 2. The third kappa shape index (κ3) is 5.94. The molecule has 0 atom stereocenters. The molecular weight excluding hydrogens is 421 g/mol. The zero-order valence-electron chi connectivity index (χ0n) is 17.5. The zero-order chi connectivity index (χ0) is 21.5. The smallest absolute Gasteiger partial charge is 0.123 e. The van der Waals surface area contributed by atoms with Gasteiger partial charge in [0, 0.05) is 6.54 Å². The fourth-order valence-electron chi connectivity index (χ4n) is 3.53. The molecule has 5 heteroatoms. The van der Waals surface area contributed by atoms with Crippen LogP contribution in [0.3, 0.4) is 0 Å². The number of aryl methyl sites for hydroxylation is 1. The van der Waals surface area contributed by atoms with E-state index in [9.17, 15) is 4.39 Å². The van der Waals surface area contributed by atoms with Crippen molar-refractivity contribution in [2.24, 2.45) is 0 Å². The molecule has 0 spiro atoms. The molecule has 0 unspecified atom stereocenters. The summed E-state index contributed by atoms with van der Waals surface area (Å²) in [5.74, 6) is -0.226. The van der Waals surface area contributed by atoms with Crippen molar-refractivity contribution in [2.75, 3.05) is 0 Å². The maximum absolute atomic E-state index is 13.2. The van der Waals surface area contributed by atoms with E-state index in [0.29, 0.717) is 5.56 Å². The van der Waals surface area contributed by atoms with E-state index in [1.54, 1.807) is 0 Å². The quantitative estimate of drug-likeness (QED) is 0.325. The van der Waals surface area contributed by atoms with E-state index >= 15 is 0 Å². The second-order valence-corrected chi connectivity index (χ2v) is 7.42. The monoisotopic (exact) mass is 443 g/mol. The van der Waals surface area contributed by atoms with Gasteiger partial charge in [0.25, 0.3) is 0 Å². The topological polar surface area (TPSA) is 41.6 Å². The van der Waals surface area contributed by atoms with E-state index in [4.69, 9.17) is 5.26 Å². The van der Waals surface area contributed by atoms with Crippen molar-refractivity contribution in [1.82, 2.24) is 9.55 Å². The van der Waals surface area contributed by atoms with Crippen LogP contribution < -0.4 is 0 Å². The Balaban J connectivity index is 0.00000289.